The predicted molar refractivity (Wildman–Crippen MR) is 71.4 cm³/mol. The monoisotopic (exact) mass is 320 g/mol. The number of halogens is 2. The van der Waals surface area contributed by atoms with E-state index in [1.165, 1.54) is 0 Å². The molecule has 1 aromatic carbocycles. The molecular formula is C12H6BrClN4. The topological polar surface area (TPSA) is 83.4 Å². The first-order valence-electron chi connectivity index (χ1n) is 4.71. The van der Waals surface area contributed by atoms with Crippen molar-refractivity contribution < 1.29 is 0 Å². The Labute approximate surface area is 118 Å². The average Bonchev–Trinajstić information content (AvgIpc) is 2.38. The van der Waals surface area contributed by atoms with Crippen LogP contribution in [0.3, 0.4) is 0 Å². The highest BCUT2D eigenvalue weighted by Gasteiger charge is 2.11. The lowest BCUT2D eigenvalue weighted by Gasteiger charge is -2.10. The molecule has 0 aliphatic heterocycles. The first-order chi connectivity index (χ1) is 8.54. The van der Waals surface area contributed by atoms with Gasteiger partial charge in [0.05, 0.1) is 10.7 Å². The maximum Gasteiger partial charge on any atom is 0.163 e. The number of hydrogen-bond acceptors (Lipinski definition) is 4. The number of allylic oxidation sites excluding steroid dienone is 2. The summed E-state index contributed by atoms with van der Waals surface area (Å²) in [4.78, 5) is 0. The molecule has 88 valence electrons. The number of nitrogens with one attached hydrogen (secondary N) is 1. The SMILES string of the molecule is Cc1c(Br)ccc(NC(C#N)=C(C#N)C#N)c1Cl. The van der Waals surface area contributed by atoms with E-state index in [2.05, 4.69) is 21.2 Å². The van der Waals surface area contributed by atoms with E-state index in [4.69, 9.17) is 27.4 Å². The van der Waals surface area contributed by atoms with Gasteiger partial charge < -0.3 is 5.32 Å². The smallest absolute Gasteiger partial charge is 0.163 e. The molecule has 0 unspecified atom stereocenters. The minimum absolute atomic E-state index is 0.122. The number of nitrogens with zero attached hydrogens (tertiary/aromatic N) is 3. The van der Waals surface area contributed by atoms with Crippen molar-refractivity contribution in [2.45, 2.75) is 6.92 Å². The lowest BCUT2D eigenvalue weighted by atomic mass is 10.2. The zero-order valence-corrected chi connectivity index (χ0v) is 11.6. The van der Waals surface area contributed by atoms with Crippen LogP contribution in [0.4, 0.5) is 5.69 Å². The van der Waals surface area contributed by atoms with Crippen LogP contribution in [0.25, 0.3) is 0 Å². The van der Waals surface area contributed by atoms with E-state index in [-0.39, 0.29) is 11.3 Å². The average molecular weight is 322 g/mol. The van der Waals surface area contributed by atoms with Crippen LogP contribution in [0.2, 0.25) is 5.02 Å². The van der Waals surface area contributed by atoms with Crippen LogP contribution in [0.15, 0.2) is 27.9 Å². The minimum Gasteiger partial charge on any atom is -0.344 e. The van der Waals surface area contributed by atoms with Crippen molar-refractivity contribution >= 4 is 33.2 Å². The summed E-state index contributed by atoms with van der Waals surface area (Å²) in [5, 5.41) is 29.4. The molecule has 18 heavy (non-hydrogen) atoms. The van der Waals surface area contributed by atoms with E-state index in [9.17, 15) is 0 Å². The van der Waals surface area contributed by atoms with Gasteiger partial charge in [-0.1, -0.05) is 27.5 Å². The summed E-state index contributed by atoms with van der Waals surface area (Å²) in [6, 6.07) is 8.48. The summed E-state index contributed by atoms with van der Waals surface area (Å²) in [6.45, 7) is 1.81. The maximum atomic E-state index is 8.91. The molecular weight excluding hydrogens is 316 g/mol. The lowest BCUT2D eigenvalue weighted by molar-refractivity contribution is 1.35. The van der Waals surface area contributed by atoms with Gasteiger partial charge in [-0.3, -0.25) is 0 Å². The fourth-order valence-electron chi connectivity index (χ4n) is 1.18. The molecule has 0 atom stereocenters. The van der Waals surface area contributed by atoms with E-state index in [1.54, 1.807) is 30.3 Å². The predicted octanol–water partition coefficient (Wildman–Crippen LogP) is 3.65. The standard InChI is InChI=1S/C12H6BrClN4/c1-7-9(13)2-3-10(12(7)14)18-11(6-17)8(4-15)5-16/h2-3,18H,1H3. The van der Waals surface area contributed by atoms with E-state index in [1.807, 2.05) is 6.92 Å². The molecule has 0 amide bonds. The van der Waals surface area contributed by atoms with Gasteiger partial charge in [-0.2, -0.15) is 15.8 Å². The molecule has 1 N–H and O–H groups in total. The molecule has 1 rings (SSSR count). The second kappa shape index (κ2) is 6.07. The quantitative estimate of drug-likeness (QED) is 0.843. The van der Waals surface area contributed by atoms with Crippen LogP contribution in [0, 0.1) is 40.9 Å². The molecule has 0 aromatic heterocycles. The van der Waals surface area contributed by atoms with Crippen LogP contribution in [0.5, 0.6) is 0 Å². The second-order valence-corrected chi connectivity index (χ2v) is 4.48. The molecule has 0 heterocycles. The van der Waals surface area contributed by atoms with E-state index < -0.39 is 0 Å². The molecule has 0 spiro atoms. The fourth-order valence-corrected chi connectivity index (χ4v) is 1.83. The van der Waals surface area contributed by atoms with Crippen molar-refractivity contribution in [1.82, 2.24) is 0 Å². The summed E-state index contributed by atoms with van der Waals surface area (Å²) < 4.78 is 0.835. The van der Waals surface area contributed by atoms with E-state index >= 15 is 0 Å². The number of rotatable bonds is 2. The third kappa shape index (κ3) is 2.81. The second-order valence-electron chi connectivity index (χ2n) is 3.24. The third-order valence-electron chi connectivity index (χ3n) is 2.17. The Morgan fingerprint density at radius 3 is 2.33 bits per heavy atom. The van der Waals surface area contributed by atoms with Crippen molar-refractivity contribution in [1.29, 1.82) is 15.8 Å². The summed E-state index contributed by atoms with van der Waals surface area (Å²) in [5.74, 6) is 0. The molecule has 4 nitrogen and oxygen atoms in total. The van der Waals surface area contributed by atoms with Crippen molar-refractivity contribution in [3.05, 3.63) is 38.5 Å². The van der Waals surface area contributed by atoms with E-state index in [0.717, 1.165) is 10.0 Å². The minimum atomic E-state index is -0.283. The largest absolute Gasteiger partial charge is 0.344 e. The Morgan fingerprint density at radius 2 is 1.83 bits per heavy atom. The Morgan fingerprint density at radius 1 is 1.22 bits per heavy atom. The summed E-state index contributed by atoms with van der Waals surface area (Å²) >= 11 is 9.43. The van der Waals surface area contributed by atoms with Crippen molar-refractivity contribution in [3.63, 3.8) is 0 Å². The van der Waals surface area contributed by atoms with Crippen molar-refractivity contribution in [2.75, 3.05) is 5.32 Å². The lowest BCUT2D eigenvalue weighted by Crippen LogP contribution is -2.01. The molecule has 0 saturated heterocycles. The molecule has 0 aliphatic rings. The molecule has 0 aliphatic carbocycles. The van der Waals surface area contributed by atoms with Gasteiger partial charge in [0.25, 0.3) is 0 Å². The van der Waals surface area contributed by atoms with Gasteiger partial charge >= 0.3 is 0 Å². The van der Waals surface area contributed by atoms with Crippen LogP contribution in [-0.4, -0.2) is 0 Å². The maximum absolute atomic E-state index is 8.91. The zero-order chi connectivity index (χ0) is 13.7. The van der Waals surface area contributed by atoms with Crippen LogP contribution in [0.1, 0.15) is 5.56 Å². The molecule has 1 aromatic rings. The van der Waals surface area contributed by atoms with Crippen LogP contribution >= 0.6 is 27.5 Å². The number of nitriles is 3. The molecule has 0 radical (unpaired) electrons. The van der Waals surface area contributed by atoms with Crippen molar-refractivity contribution in [3.8, 4) is 18.2 Å². The first kappa shape index (κ1) is 14.1. The Hall–Kier alpha value is -2.00. The zero-order valence-electron chi connectivity index (χ0n) is 9.25. The molecule has 0 bridgehead atoms. The highest BCUT2D eigenvalue weighted by Crippen LogP contribution is 2.31. The third-order valence-corrected chi connectivity index (χ3v) is 3.51. The Balaban J connectivity index is 3.26. The van der Waals surface area contributed by atoms with Gasteiger partial charge in [-0.15, -0.1) is 0 Å². The van der Waals surface area contributed by atoms with Gasteiger partial charge in [0.1, 0.15) is 23.9 Å². The normalized spacial score (nSPS) is 8.67. The van der Waals surface area contributed by atoms with Gasteiger partial charge in [0, 0.05) is 4.47 Å². The van der Waals surface area contributed by atoms with Crippen LogP contribution < -0.4 is 5.32 Å². The molecule has 6 heteroatoms. The highest BCUT2D eigenvalue weighted by molar-refractivity contribution is 9.10. The van der Waals surface area contributed by atoms with Gasteiger partial charge in [0.15, 0.2) is 5.57 Å². The molecule has 0 saturated carbocycles. The number of anilines is 1. The summed E-state index contributed by atoms with van der Waals surface area (Å²) in [5.41, 5.74) is 0.865. The Kier molecular flexibility index (Phi) is 4.75. The summed E-state index contributed by atoms with van der Waals surface area (Å²) in [6.07, 6.45) is 0. The van der Waals surface area contributed by atoms with E-state index in [0.29, 0.717) is 10.7 Å². The first-order valence-corrected chi connectivity index (χ1v) is 5.88. The van der Waals surface area contributed by atoms with Gasteiger partial charge in [-0.05, 0) is 24.6 Å². The van der Waals surface area contributed by atoms with Gasteiger partial charge in [0.2, 0.25) is 0 Å². The highest BCUT2D eigenvalue weighted by atomic mass is 79.9. The molecule has 0 fully saturated rings. The Bertz CT molecular complexity index is 628. The fraction of sp³-hybridized carbons (Fsp3) is 0.0833. The van der Waals surface area contributed by atoms with Crippen LogP contribution in [-0.2, 0) is 0 Å². The number of hydrogen-bond donors (Lipinski definition) is 1. The van der Waals surface area contributed by atoms with Crippen molar-refractivity contribution in [2.24, 2.45) is 0 Å². The summed E-state index contributed by atoms with van der Waals surface area (Å²) in [7, 11) is 0. The number of benzene rings is 1. The van der Waals surface area contributed by atoms with Gasteiger partial charge in [-0.25, -0.2) is 0 Å².